The zero-order valence-electron chi connectivity index (χ0n) is 11.7. The van der Waals surface area contributed by atoms with Gasteiger partial charge in [0, 0.05) is 0 Å². The maximum absolute atomic E-state index is 6.59. The summed E-state index contributed by atoms with van der Waals surface area (Å²) in [7, 11) is -1.73. The van der Waals surface area contributed by atoms with Gasteiger partial charge in [0.2, 0.25) is 0 Å². The van der Waals surface area contributed by atoms with Crippen LogP contribution in [0.2, 0.25) is 13.1 Å². The topological polar surface area (TPSA) is 12.9 Å². The molecule has 1 heterocycles. The number of halogens is 3. The van der Waals surface area contributed by atoms with Crippen LogP contribution in [0.5, 0.6) is 0 Å². The molecule has 109 valence electrons. The van der Waals surface area contributed by atoms with Crippen molar-refractivity contribution in [1.29, 1.82) is 0 Å². The molecule has 0 aliphatic heterocycles. The molecule has 1 aromatic rings. The SMILES string of the molecule is CC1=C(Cc2ccccn2)CC([Si](C)(C)Cl)=[C]1[Cr+2].[Cl-].[Cl-]. The van der Waals surface area contributed by atoms with E-state index in [0.717, 1.165) is 18.5 Å². The average molecular weight is 386 g/mol. The molecule has 20 heavy (non-hydrogen) atoms. The quantitative estimate of drug-likeness (QED) is 0.439. The van der Waals surface area contributed by atoms with Crippen molar-refractivity contribution in [3.05, 3.63) is 50.9 Å². The van der Waals surface area contributed by atoms with E-state index >= 15 is 0 Å². The van der Waals surface area contributed by atoms with E-state index in [1.807, 2.05) is 18.3 Å². The molecule has 0 atom stereocenters. The minimum absolute atomic E-state index is 0. The fraction of sp³-hybridized carbons (Fsp3) is 0.357. The second kappa shape index (κ2) is 8.03. The summed E-state index contributed by atoms with van der Waals surface area (Å²) < 4.78 is 1.30. The Labute approximate surface area is 147 Å². The van der Waals surface area contributed by atoms with E-state index in [1.165, 1.54) is 20.8 Å². The summed E-state index contributed by atoms with van der Waals surface area (Å²) >= 11 is 9.80. The van der Waals surface area contributed by atoms with E-state index in [0.29, 0.717) is 0 Å². The number of aromatic nitrogens is 1. The molecule has 1 aliphatic rings. The largest absolute Gasteiger partial charge is 1.00 e. The molecule has 0 N–H and O–H groups in total. The van der Waals surface area contributed by atoms with Crippen LogP contribution in [0.25, 0.3) is 0 Å². The minimum Gasteiger partial charge on any atom is -1.00 e. The van der Waals surface area contributed by atoms with Crippen LogP contribution >= 0.6 is 11.1 Å². The van der Waals surface area contributed by atoms with Gasteiger partial charge in [0.25, 0.3) is 0 Å². The second-order valence-electron chi connectivity index (χ2n) is 5.18. The first-order valence-corrected chi connectivity index (χ1v) is 10.7. The number of allylic oxidation sites excluding steroid dienone is 4. The Bertz CT molecular complexity index is 521. The molecule has 0 spiro atoms. The second-order valence-corrected chi connectivity index (χ2v) is 12.2. The normalized spacial score (nSPS) is 14.9. The van der Waals surface area contributed by atoms with Gasteiger partial charge in [-0.3, -0.25) is 0 Å². The minimum atomic E-state index is -1.73. The Hall–Kier alpha value is 0.249. The van der Waals surface area contributed by atoms with Gasteiger partial charge in [-0.15, -0.1) is 0 Å². The summed E-state index contributed by atoms with van der Waals surface area (Å²) in [5.41, 5.74) is 3.96. The molecular weight excluding hydrogens is 369 g/mol. The molecule has 0 saturated heterocycles. The monoisotopic (exact) mass is 384 g/mol. The van der Waals surface area contributed by atoms with Gasteiger partial charge in [0.15, 0.2) is 0 Å². The van der Waals surface area contributed by atoms with E-state index in [4.69, 9.17) is 11.1 Å². The fourth-order valence-corrected chi connectivity index (χ4v) is 5.87. The number of rotatable bonds is 3. The first kappa shape index (κ1) is 20.2. The summed E-state index contributed by atoms with van der Waals surface area (Å²) in [5.74, 6) is 0. The number of hydrogen-bond acceptors (Lipinski definition) is 1. The van der Waals surface area contributed by atoms with Crippen molar-refractivity contribution in [2.75, 3.05) is 0 Å². The molecule has 6 heteroatoms. The van der Waals surface area contributed by atoms with Gasteiger partial charge in [0.1, 0.15) is 0 Å². The van der Waals surface area contributed by atoms with Crippen molar-refractivity contribution in [3.63, 3.8) is 0 Å². The van der Waals surface area contributed by atoms with E-state index in [2.05, 4.69) is 47.4 Å². The predicted molar refractivity (Wildman–Crippen MR) is 75.6 cm³/mol. The molecule has 1 aromatic heterocycles. The number of pyridine rings is 1. The third kappa shape index (κ3) is 4.63. The molecule has 0 radical (unpaired) electrons. The van der Waals surface area contributed by atoms with Gasteiger partial charge in [-0.1, -0.05) is 0 Å². The summed E-state index contributed by atoms with van der Waals surface area (Å²) in [6, 6.07) is 6.08. The van der Waals surface area contributed by atoms with Gasteiger partial charge in [-0.2, -0.15) is 0 Å². The van der Waals surface area contributed by atoms with Crippen LogP contribution in [0.4, 0.5) is 0 Å². The summed E-state index contributed by atoms with van der Waals surface area (Å²) in [6.45, 7) is 6.57. The third-order valence-electron chi connectivity index (χ3n) is 3.37. The smallest absolute Gasteiger partial charge is 1.00 e. The molecule has 0 amide bonds. The standard InChI is InChI=1S/C14H17ClNSi.2ClH.Cr/c1-11-8-14(17(2,3)15)10-12(11)9-13-6-4-5-7-16-13;;;/h4-7H,9-10H2,1-3H3;2*1H;/q;;;+2/p-2. The van der Waals surface area contributed by atoms with E-state index in [9.17, 15) is 0 Å². The van der Waals surface area contributed by atoms with Crippen molar-refractivity contribution in [2.24, 2.45) is 0 Å². The van der Waals surface area contributed by atoms with Crippen LogP contribution in [0, 0.1) is 0 Å². The van der Waals surface area contributed by atoms with Crippen molar-refractivity contribution in [1.82, 2.24) is 4.98 Å². The van der Waals surface area contributed by atoms with Crippen LogP contribution in [-0.2, 0) is 22.7 Å². The third-order valence-corrected chi connectivity index (χ3v) is 7.08. The molecule has 0 unspecified atom stereocenters. The maximum Gasteiger partial charge on any atom is -1.00 e. The zero-order chi connectivity index (χ0) is 13.3. The number of hydrogen-bond donors (Lipinski definition) is 0. The molecule has 1 aliphatic carbocycles. The average Bonchev–Trinajstić information content (AvgIpc) is 2.58. The van der Waals surface area contributed by atoms with E-state index in [1.54, 1.807) is 0 Å². The van der Waals surface area contributed by atoms with Gasteiger partial charge in [0.05, 0.1) is 0 Å². The molecule has 0 aromatic carbocycles. The summed E-state index contributed by atoms with van der Waals surface area (Å²) in [4.78, 5) is 4.40. The Morgan fingerprint density at radius 2 is 1.95 bits per heavy atom. The zero-order valence-corrected chi connectivity index (χ0v) is 16.3. The van der Waals surface area contributed by atoms with Crippen LogP contribution in [0.1, 0.15) is 19.0 Å². The Morgan fingerprint density at radius 1 is 1.30 bits per heavy atom. The molecule has 2 rings (SSSR count). The van der Waals surface area contributed by atoms with E-state index in [-0.39, 0.29) is 24.8 Å². The van der Waals surface area contributed by atoms with Crippen molar-refractivity contribution in [3.8, 4) is 0 Å². The predicted octanol–water partition coefficient (Wildman–Crippen LogP) is -1.86. The van der Waals surface area contributed by atoms with Gasteiger partial charge < -0.3 is 24.8 Å². The summed E-state index contributed by atoms with van der Waals surface area (Å²) in [5, 5.41) is 1.44. The van der Waals surface area contributed by atoms with Crippen LogP contribution in [-0.4, -0.2) is 12.4 Å². The van der Waals surface area contributed by atoms with Gasteiger partial charge in [-0.05, 0) is 0 Å². The van der Waals surface area contributed by atoms with Crippen molar-refractivity contribution >= 4 is 18.5 Å². The van der Waals surface area contributed by atoms with Crippen molar-refractivity contribution in [2.45, 2.75) is 32.9 Å². The molecule has 0 fully saturated rings. The fourth-order valence-electron chi connectivity index (χ4n) is 2.21. The molecule has 0 bridgehead atoms. The van der Waals surface area contributed by atoms with Gasteiger partial charge >= 0.3 is 123 Å². The maximum atomic E-state index is 6.59. The Morgan fingerprint density at radius 3 is 2.40 bits per heavy atom. The van der Waals surface area contributed by atoms with Crippen LogP contribution in [0.15, 0.2) is 45.2 Å². The first-order valence-electron chi connectivity index (χ1n) is 6.08. The Balaban J connectivity index is 0.00000180. The van der Waals surface area contributed by atoms with Crippen LogP contribution < -0.4 is 24.8 Å². The molecular formula is C14H17Cl3CrNSi. The van der Waals surface area contributed by atoms with Crippen LogP contribution in [0.3, 0.4) is 0 Å². The van der Waals surface area contributed by atoms with E-state index < -0.39 is 7.38 Å². The summed E-state index contributed by atoms with van der Waals surface area (Å²) in [6.07, 6.45) is 3.81. The van der Waals surface area contributed by atoms with Gasteiger partial charge in [-0.25, -0.2) is 0 Å². The number of nitrogens with zero attached hydrogens (tertiary/aromatic N) is 1. The molecule has 0 saturated carbocycles. The first-order chi connectivity index (χ1) is 8.39. The van der Waals surface area contributed by atoms with Crippen molar-refractivity contribution < 1.29 is 41.1 Å². The molecule has 1 nitrogen and oxygen atoms in total. The Kier molecular flexibility index (Phi) is 8.13.